The SMILES string of the molecule is CCC(O)CCCN.Cl.Cl. The summed E-state index contributed by atoms with van der Waals surface area (Å²) in [5.41, 5.74) is 5.22. The van der Waals surface area contributed by atoms with Crippen molar-refractivity contribution in [3.8, 4) is 0 Å². The fourth-order valence-electron chi connectivity index (χ4n) is 0.558. The minimum atomic E-state index is -0.126. The van der Waals surface area contributed by atoms with Crippen molar-refractivity contribution in [1.29, 1.82) is 0 Å². The van der Waals surface area contributed by atoms with Gasteiger partial charge in [0.15, 0.2) is 0 Å². The first-order valence-corrected chi connectivity index (χ1v) is 3.19. The molecule has 0 saturated heterocycles. The van der Waals surface area contributed by atoms with E-state index in [1.165, 1.54) is 0 Å². The molecule has 4 heteroatoms. The van der Waals surface area contributed by atoms with Crippen molar-refractivity contribution in [2.75, 3.05) is 6.54 Å². The monoisotopic (exact) mass is 189 g/mol. The zero-order chi connectivity index (χ0) is 6.41. The highest BCUT2D eigenvalue weighted by molar-refractivity contribution is 5.85. The Morgan fingerprint density at radius 1 is 1.40 bits per heavy atom. The lowest BCUT2D eigenvalue weighted by Crippen LogP contribution is -2.07. The molecule has 0 radical (unpaired) electrons. The Morgan fingerprint density at radius 2 is 1.90 bits per heavy atom. The number of hydrogen-bond acceptors (Lipinski definition) is 2. The molecule has 0 aromatic carbocycles. The third-order valence-corrected chi connectivity index (χ3v) is 1.21. The highest BCUT2D eigenvalue weighted by Crippen LogP contribution is 1.98. The van der Waals surface area contributed by atoms with Crippen LogP contribution in [0.1, 0.15) is 26.2 Å². The quantitative estimate of drug-likeness (QED) is 0.702. The Bertz CT molecular complexity index is 55.0. The van der Waals surface area contributed by atoms with E-state index in [2.05, 4.69) is 0 Å². The van der Waals surface area contributed by atoms with Gasteiger partial charge < -0.3 is 10.8 Å². The Morgan fingerprint density at radius 3 is 2.20 bits per heavy atom. The average Bonchev–Trinajstić information content (AvgIpc) is 1.83. The van der Waals surface area contributed by atoms with Gasteiger partial charge in [0.05, 0.1) is 6.10 Å². The number of halogens is 2. The van der Waals surface area contributed by atoms with Crippen LogP contribution in [-0.2, 0) is 0 Å². The van der Waals surface area contributed by atoms with E-state index >= 15 is 0 Å². The van der Waals surface area contributed by atoms with Gasteiger partial charge in [-0.2, -0.15) is 0 Å². The summed E-state index contributed by atoms with van der Waals surface area (Å²) in [6.07, 6.45) is 2.51. The van der Waals surface area contributed by atoms with Gasteiger partial charge in [0, 0.05) is 0 Å². The van der Waals surface area contributed by atoms with E-state index < -0.39 is 0 Å². The van der Waals surface area contributed by atoms with Crippen molar-refractivity contribution in [2.45, 2.75) is 32.3 Å². The number of nitrogens with two attached hydrogens (primary N) is 1. The standard InChI is InChI=1S/C6H15NO.2ClH/c1-2-6(8)4-3-5-7;;/h6,8H,2-5,7H2,1H3;2*1H. The Kier molecular flexibility index (Phi) is 20.6. The van der Waals surface area contributed by atoms with Gasteiger partial charge in [-0.15, -0.1) is 24.8 Å². The molecule has 0 amide bonds. The molecule has 0 aromatic heterocycles. The minimum absolute atomic E-state index is 0. The third kappa shape index (κ3) is 11.3. The molecule has 0 spiro atoms. The first-order valence-electron chi connectivity index (χ1n) is 3.19. The average molecular weight is 190 g/mol. The van der Waals surface area contributed by atoms with E-state index in [-0.39, 0.29) is 30.9 Å². The number of hydrogen-bond donors (Lipinski definition) is 2. The molecule has 0 aromatic rings. The topological polar surface area (TPSA) is 46.2 Å². The zero-order valence-corrected chi connectivity index (χ0v) is 7.88. The summed E-state index contributed by atoms with van der Waals surface area (Å²) in [6.45, 7) is 2.66. The molecule has 0 heterocycles. The van der Waals surface area contributed by atoms with Crippen molar-refractivity contribution in [1.82, 2.24) is 0 Å². The van der Waals surface area contributed by atoms with Crippen molar-refractivity contribution < 1.29 is 5.11 Å². The fourth-order valence-corrected chi connectivity index (χ4v) is 0.558. The lowest BCUT2D eigenvalue weighted by Gasteiger charge is -2.03. The van der Waals surface area contributed by atoms with Crippen LogP contribution in [0.3, 0.4) is 0 Å². The van der Waals surface area contributed by atoms with Crippen LogP contribution in [0.25, 0.3) is 0 Å². The number of aliphatic hydroxyl groups excluding tert-OH is 1. The molecule has 1 atom stereocenters. The van der Waals surface area contributed by atoms with E-state index in [1.807, 2.05) is 6.92 Å². The van der Waals surface area contributed by atoms with Gasteiger partial charge in [-0.3, -0.25) is 0 Å². The second kappa shape index (κ2) is 12.2. The van der Waals surface area contributed by atoms with Crippen LogP contribution in [0.4, 0.5) is 0 Å². The second-order valence-corrected chi connectivity index (χ2v) is 1.99. The van der Waals surface area contributed by atoms with Crippen LogP contribution in [0, 0.1) is 0 Å². The lowest BCUT2D eigenvalue weighted by atomic mass is 10.1. The Hall–Kier alpha value is 0.500. The van der Waals surface area contributed by atoms with Crippen LogP contribution < -0.4 is 5.73 Å². The molecule has 2 nitrogen and oxygen atoms in total. The third-order valence-electron chi connectivity index (χ3n) is 1.21. The fraction of sp³-hybridized carbons (Fsp3) is 1.00. The van der Waals surface area contributed by atoms with Gasteiger partial charge in [0.25, 0.3) is 0 Å². The van der Waals surface area contributed by atoms with Gasteiger partial charge in [-0.25, -0.2) is 0 Å². The van der Waals surface area contributed by atoms with Crippen LogP contribution in [-0.4, -0.2) is 17.8 Å². The molecular formula is C6H17Cl2NO. The molecule has 0 rings (SSSR count). The molecular weight excluding hydrogens is 173 g/mol. The Labute approximate surface area is 75.0 Å². The summed E-state index contributed by atoms with van der Waals surface area (Å²) < 4.78 is 0. The number of rotatable bonds is 4. The second-order valence-electron chi connectivity index (χ2n) is 1.99. The minimum Gasteiger partial charge on any atom is -0.393 e. The highest BCUT2D eigenvalue weighted by Gasteiger charge is 1.96. The van der Waals surface area contributed by atoms with Crippen molar-refractivity contribution in [2.24, 2.45) is 5.73 Å². The van der Waals surface area contributed by atoms with E-state index in [4.69, 9.17) is 10.8 Å². The number of aliphatic hydroxyl groups is 1. The smallest absolute Gasteiger partial charge is 0.0538 e. The molecule has 0 aliphatic carbocycles. The maximum Gasteiger partial charge on any atom is 0.0538 e. The van der Waals surface area contributed by atoms with Crippen molar-refractivity contribution in [3.63, 3.8) is 0 Å². The molecule has 0 fully saturated rings. The van der Waals surface area contributed by atoms with Gasteiger partial charge in [-0.05, 0) is 25.8 Å². The van der Waals surface area contributed by atoms with Gasteiger partial charge in [0.2, 0.25) is 0 Å². The molecule has 1 unspecified atom stereocenters. The summed E-state index contributed by atoms with van der Waals surface area (Å²) in [6, 6.07) is 0. The Balaban J connectivity index is -0.000000245. The predicted octanol–water partition coefficient (Wildman–Crippen LogP) is 1.34. The van der Waals surface area contributed by atoms with Crippen LogP contribution in [0.2, 0.25) is 0 Å². The first kappa shape index (κ1) is 16.8. The molecule has 0 saturated carbocycles. The normalized spacial score (nSPS) is 11.1. The predicted molar refractivity (Wildman–Crippen MR) is 49.1 cm³/mol. The molecule has 0 aliphatic heterocycles. The molecule has 66 valence electrons. The molecule has 0 bridgehead atoms. The maximum absolute atomic E-state index is 8.93. The highest BCUT2D eigenvalue weighted by atomic mass is 35.5. The summed E-state index contributed by atoms with van der Waals surface area (Å²) in [5, 5.41) is 8.93. The summed E-state index contributed by atoms with van der Waals surface area (Å²) in [7, 11) is 0. The maximum atomic E-state index is 8.93. The van der Waals surface area contributed by atoms with Crippen molar-refractivity contribution in [3.05, 3.63) is 0 Å². The van der Waals surface area contributed by atoms with Crippen LogP contribution in [0.15, 0.2) is 0 Å². The lowest BCUT2D eigenvalue weighted by molar-refractivity contribution is 0.158. The van der Waals surface area contributed by atoms with E-state index in [0.717, 1.165) is 19.3 Å². The van der Waals surface area contributed by atoms with Gasteiger partial charge in [0.1, 0.15) is 0 Å². The van der Waals surface area contributed by atoms with Gasteiger partial charge >= 0.3 is 0 Å². The summed E-state index contributed by atoms with van der Waals surface area (Å²) >= 11 is 0. The molecule has 0 aliphatic rings. The van der Waals surface area contributed by atoms with E-state index in [1.54, 1.807) is 0 Å². The molecule has 10 heavy (non-hydrogen) atoms. The summed E-state index contributed by atoms with van der Waals surface area (Å²) in [4.78, 5) is 0. The van der Waals surface area contributed by atoms with Gasteiger partial charge in [-0.1, -0.05) is 6.92 Å². The summed E-state index contributed by atoms with van der Waals surface area (Å²) in [5.74, 6) is 0. The largest absolute Gasteiger partial charge is 0.393 e. The van der Waals surface area contributed by atoms with E-state index in [9.17, 15) is 0 Å². The van der Waals surface area contributed by atoms with Crippen molar-refractivity contribution >= 4 is 24.8 Å². The van der Waals surface area contributed by atoms with Crippen LogP contribution in [0.5, 0.6) is 0 Å². The van der Waals surface area contributed by atoms with Crippen LogP contribution >= 0.6 is 24.8 Å². The molecule has 3 N–H and O–H groups in total. The van der Waals surface area contributed by atoms with E-state index in [0.29, 0.717) is 6.54 Å². The zero-order valence-electron chi connectivity index (χ0n) is 6.25. The first-order chi connectivity index (χ1) is 3.81.